The van der Waals surface area contributed by atoms with E-state index in [1.54, 1.807) is 0 Å². The average molecular weight is 255 g/mol. The number of piperidine rings is 1. The van der Waals surface area contributed by atoms with E-state index in [1.807, 2.05) is 6.07 Å². The Morgan fingerprint density at radius 3 is 2.71 bits per heavy atom. The summed E-state index contributed by atoms with van der Waals surface area (Å²) < 4.78 is 0.937. The topological polar surface area (TPSA) is 16.1 Å². The number of halogens is 1. The van der Waals surface area contributed by atoms with Crippen LogP contribution in [0.5, 0.6) is 0 Å². The predicted molar refractivity (Wildman–Crippen MR) is 61.1 cm³/mol. The van der Waals surface area contributed by atoms with E-state index in [9.17, 15) is 0 Å². The van der Waals surface area contributed by atoms with Gasteiger partial charge >= 0.3 is 0 Å². The summed E-state index contributed by atoms with van der Waals surface area (Å²) in [6.07, 6.45) is 4.07. The number of hydrogen-bond acceptors (Lipinski definition) is 2. The molecule has 76 valence electrons. The lowest BCUT2D eigenvalue weighted by Gasteiger charge is -2.25. The van der Waals surface area contributed by atoms with Gasteiger partial charge in [0.15, 0.2) is 0 Å². The van der Waals surface area contributed by atoms with Gasteiger partial charge in [0, 0.05) is 6.54 Å². The molecule has 0 aliphatic carbocycles. The van der Waals surface area contributed by atoms with Crippen molar-refractivity contribution in [2.75, 3.05) is 13.1 Å². The van der Waals surface area contributed by atoms with Gasteiger partial charge in [0.2, 0.25) is 0 Å². The molecule has 0 N–H and O–H groups in total. The summed E-state index contributed by atoms with van der Waals surface area (Å²) in [6.45, 7) is 3.46. The third-order valence-electron chi connectivity index (χ3n) is 2.61. The van der Waals surface area contributed by atoms with E-state index in [1.165, 1.54) is 38.0 Å². The maximum atomic E-state index is 4.44. The first-order valence-corrected chi connectivity index (χ1v) is 5.98. The van der Waals surface area contributed by atoms with E-state index in [0.717, 1.165) is 11.1 Å². The van der Waals surface area contributed by atoms with Crippen LogP contribution in [0.2, 0.25) is 0 Å². The molecule has 1 aliphatic rings. The lowest BCUT2D eigenvalue weighted by molar-refractivity contribution is 0.218. The van der Waals surface area contributed by atoms with Gasteiger partial charge in [-0.25, -0.2) is 4.98 Å². The second-order valence-electron chi connectivity index (χ2n) is 3.79. The van der Waals surface area contributed by atoms with Crippen molar-refractivity contribution in [2.24, 2.45) is 0 Å². The molecule has 0 unspecified atom stereocenters. The molecule has 0 saturated carbocycles. The molecule has 2 rings (SSSR count). The molecule has 0 spiro atoms. The zero-order chi connectivity index (χ0) is 9.80. The van der Waals surface area contributed by atoms with Crippen LogP contribution in [0.3, 0.4) is 0 Å². The van der Waals surface area contributed by atoms with E-state index in [2.05, 4.69) is 37.9 Å². The van der Waals surface area contributed by atoms with Crippen LogP contribution in [0.1, 0.15) is 25.0 Å². The van der Waals surface area contributed by atoms with Crippen molar-refractivity contribution in [3.8, 4) is 0 Å². The monoisotopic (exact) mass is 254 g/mol. The lowest BCUT2D eigenvalue weighted by Crippen LogP contribution is -2.29. The van der Waals surface area contributed by atoms with Crippen LogP contribution in [0, 0.1) is 0 Å². The SMILES string of the molecule is Brc1cccc(CN2CCCCC2)n1. The third kappa shape index (κ3) is 2.79. The van der Waals surface area contributed by atoms with Crippen molar-refractivity contribution in [2.45, 2.75) is 25.8 Å². The number of hydrogen-bond donors (Lipinski definition) is 0. The second kappa shape index (κ2) is 4.89. The molecule has 2 heterocycles. The Morgan fingerprint density at radius 2 is 2.00 bits per heavy atom. The maximum absolute atomic E-state index is 4.44. The highest BCUT2D eigenvalue weighted by Gasteiger charge is 2.10. The predicted octanol–water partition coefficient (Wildman–Crippen LogP) is 2.83. The minimum Gasteiger partial charge on any atom is -0.298 e. The van der Waals surface area contributed by atoms with Crippen molar-refractivity contribution >= 4 is 15.9 Å². The second-order valence-corrected chi connectivity index (χ2v) is 4.60. The first-order valence-electron chi connectivity index (χ1n) is 5.18. The van der Waals surface area contributed by atoms with Crippen molar-refractivity contribution in [3.63, 3.8) is 0 Å². The summed E-state index contributed by atoms with van der Waals surface area (Å²) in [5.74, 6) is 0. The van der Waals surface area contributed by atoms with Gasteiger partial charge < -0.3 is 0 Å². The number of nitrogens with zero attached hydrogens (tertiary/aromatic N) is 2. The van der Waals surface area contributed by atoms with Gasteiger partial charge in [-0.3, -0.25) is 4.90 Å². The van der Waals surface area contributed by atoms with Gasteiger partial charge in [-0.05, 0) is 54.0 Å². The zero-order valence-electron chi connectivity index (χ0n) is 8.25. The van der Waals surface area contributed by atoms with Crippen LogP contribution in [0.4, 0.5) is 0 Å². The van der Waals surface area contributed by atoms with Crippen molar-refractivity contribution < 1.29 is 0 Å². The summed E-state index contributed by atoms with van der Waals surface area (Å²) in [6, 6.07) is 6.12. The largest absolute Gasteiger partial charge is 0.298 e. The minimum atomic E-state index is 0.937. The normalized spacial score (nSPS) is 18.4. The Morgan fingerprint density at radius 1 is 1.21 bits per heavy atom. The molecule has 1 aromatic rings. The molecule has 0 radical (unpaired) electrons. The molecule has 1 saturated heterocycles. The smallest absolute Gasteiger partial charge is 0.106 e. The first kappa shape index (κ1) is 10.1. The summed E-state index contributed by atoms with van der Waals surface area (Å²) in [7, 11) is 0. The number of pyridine rings is 1. The fraction of sp³-hybridized carbons (Fsp3) is 0.545. The Balaban J connectivity index is 1.95. The Labute approximate surface area is 93.5 Å². The quantitative estimate of drug-likeness (QED) is 0.755. The van der Waals surface area contributed by atoms with Crippen LogP contribution in [-0.2, 0) is 6.54 Å². The lowest BCUT2D eigenvalue weighted by atomic mass is 10.1. The van der Waals surface area contributed by atoms with Crippen LogP contribution < -0.4 is 0 Å². The Hall–Kier alpha value is -0.410. The standard InChI is InChI=1S/C11H15BrN2/c12-11-6-4-5-10(13-11)9-14-7-2-1-3-8-14/h4-6H,1-3,7-9H2. The van der Waals surface area contributed by atoms with E-state index >= 15 is 0 Å². The summed E-state index contributed by atoms with van der Waals surface area (Å²) in [5, 5.41) is 0. The van der Waals surface area contributed by atoms with Crippen molar-refractivity contribution in [3.05, 3.63) is 28.5 Å². The maximum Gasteiger partial charge on any atom is 0.106 e. The number of aromatic nitrogens is 1. The van der Waals surface area contributed by atoms with Gasteiger partial charge in [0.1, 0.15) is 4.60 Å². The molecular weight excluding hydrogens is 240 g/mol. The molecule has 0 aromatic carbocycles. The van der Waals surface area contributed by atoms with Gasteiger partial charge in [0.05, 0.1) is 5.69 Å². The van der Waals surface area contributed by atoms with Crippen molar-refractivity contribution in [1.82, 2.24) is 9.88 Å². The average Bonchev–Trinajstić information content (AvgIpc) is 2.19. The highest BCUT2D eigenvalue weighted by Crippen LogP contribution is 2.13. The van der Waals surface area contributed by atoms with Crippen LogP contribution in [-0.4, -0.2) is 23.0 Å². The summed E-state index contributed by atoms with van der Waals surface area (Å²) >= 11 is 3.40. The molecular formula is C11H15BrN2. The van der Waals surface area contributed by atoms with Crippen LogP contribution in [0.15, 0.2) is 22.8 Å². The zero-order valence-corrected chi connectivity index (χ0v) is 9.83. The highest BCUT2D eigenvalue weighted by atomic mass is 79.9. The molecule has 1 aromatic heterocycles. The van der Waals surface area contributed by atoms with E-state index in [4.69, 9.17) is 0 Å². The number of rotatable bonds is 2. The van der Waals surface area contributed by atoms with E-state index in [-0.39, 0.29) is 0 Å². The molecule has 14 heavy (non-hydrogen) atoms. The molecule has 0 bridgehead atoms. The van der Waals surface area contributed by atoms with Gasteiger partial charge in [-0.1, -0.05) is 12.5 Å². The molecule has 1 fully saturated rings. The molecule has 2 nitrogen and oxygen atoms in total. The fourth-order valence-corrected chi connectivity index (χ4v) is 2.27. The molecule has 1 aliphatic heterocycles. The van der Waals surface area contributed by atoms with E-state index in [0.29, 0.717) is 0 Å². The minimum absolute atomic E-state index is 0.937. The van der Waals surface area contributed by atoms with Gasteiger partial charge in [-0.15, -0.1) is 0 Å². The van der Waals surface area contributed by atoms with Crippen molar-refractivity contribution in [1.29, 1.82) is 0 Å². The highest BCUT2D eigenvalue weighted by molar-refractivity contribution is 9.10. The van der Waals surface area contributed by atoms with E-state index < -0.39 is 0 Å². The first-order chi connectivity index (χ1) is 6.84. The Bertz CT molecular complexity index is 295. The third-order valence-corrected chi connectivity index (χ3v) is 3.05. The summed E-state index contributed by atoms with van der Waals surface area (Å²) in [4.78, 5) is 6.93. The summed E-state index contributed by atoms with van der Waals surface area (Å²) in [5.41, 5.74) is 1.17. The van der Waals surface area contributed by atoms with Crippen LogP contribution >= 0.6 is 15.9 Å². The van der Waals surface area contributed by atoms with Crippen LogP contribution in [0.25, 0.3) is 0 Å². The Kier molecular flexibility index (Phi) is 3.54. The fourth-order valence-electron chi connectivity index (χ4n) is 1.88. The molecule has 0 amide bonds. The van der Waals surface area contributed by atoms with Gasteiger partial charge in [0.25, 0.3) is 0 Å². The number of likely N-dealkylation sites (tertiary alicyclic amines) is 1. The molecule has 0 atom stereocenters. The molecule has 3 heteroatoms. The van der Waals surface area contributed by atoms with Gasteiger partial charge in [-0.2, -0.15) is 0 Å².